The highest BCUT2D eigenvalue weighted by Crippen LogP contribution is 2.36. The van der Waals surface area contributed by atoms with Crippen molar-refractivity contribution >= 4 is 18.0 Å². The predicted octanol–water partition coefficient (Wildman–Crippen LogP) is 5.46. The van der Waals surface area contributed by atoms with Crippen LogP contribution in [0, 0.1) is 5.92 Å². The molecule has 3 aromatic rings. The molecular formula is C37H45N3O9. The van der Waals surface area contributed by atoms with Crippen LogP contribution in [0.1, 0.15) is 66.2 Å². The molecule has 12 nitrogen and oxygen atoms in total. The molecule has 0 spiro atoms. The Morgan fingerprint density at radius 3 is 2.67 bits per heavy atom. The van der Waals surface area contributed by atoms with Crippen LogP contribution in [0.5, 0.6) is 11.5 Å². The number of rotatable bonds is 11. The number of hydrogen-bond donors (Lipinski definition) is 2. The van der Waals surface area contributed by atoms with E-state index in [0.29, 0.717) is 43.0 Å². The van der Waals surface area contributed by atoms with E-state index in [0.717, 1.165) is 5.82 Å². The van der Waals surface area contributed by atoms with Crippen molar-refractivity contribution in [3.8, 4) is 11.5 Å². The topological polar surface area (TPSA) is 139 Å². The van der Waals surface area contributed by atoms with Crippen molar-refractivity contribution in [2.24, 2.45) is 5.92 Å². The molecular weight excluding hydrogens is 630 g/mol. The lowest BCUT2D eigenvalue weighted by Gasteiger charge is -2.25. The Bertz CT molecular complexity index is 1590. The summed E-state index contributed by atoms with van der Waals surface area (Å²) in [7, 11) is 1.50. The third-order valence-electron chi connectivity index (χ3n) is 8.14. The van der Waals surface area contributed by atoms with Gasteiger partial charge in [0.25, 0.3) is 0 Å². The zero-order chi connectivity index (χ0) is 34.8. The molecule has 5 rings (SSSR count). The first kappa shape index (κ1) is 35.8. The van der Waals surface area contributed by atoms with Gasteiger partial charge < -0.3 is 43.5 Å². The average molecular weight is 676 g/mol. The highest BCUT2D eigenvalue weighted by molar-refractivity contribution is 5.97. The fourth-order valence-corrected chi connectivity index (χ4v) is 5.53. The van der Waals surface area contributed by atoms with Crippen molar-refractivity contribution in [1.29, 1.82) is 0 Å². The van der Waals surface area contributed by atoms with Crippen LogP contribution in [-0.2, 0) is 30.2 Å². The lowest BCUT2D eigenvalue weighted by Crippen LogP contribution is -2.37. The number of fused-ring (bicyclic) bond motifs is 2. The third-order valence-corrected chi connectivity index (χ3v) is 8.14. The van der Waals surface area contributed by atoms with Crippen LogP contribution in [0.2, 0.25) is 0 Å². The Kier molecular flexibility index (Phi) is 12.2. The van der Waals surface area contributed by atoms with E-state index in [1.165, 1.54) is 7.11 Å². The molecule has 262 valence electrons. The van der Waals surface area contributed by atoms with Crippen LogP contribution < -0.4 is 14.8 Å². The molecule has 2 aromatic carbocycles. The predicted molar refractivity (Wildman–Crippen MR) is 181 cm³/mol. The lowest BCUT2D eigenvalue weighted by molar-refractivity contribution is -0.152. The van der Waals surface area contributed by atoms with Gasteiger partial charge in [0, 0.05) is 38.0 Å². The number of esters is 2. The number of nitrogens with zero attached hydrogens (tertiary/aromatic N) is 1. The van der Waals surface area contributed by atoms with E-state index in [4.69, 9.17) is 33.2 Å². The molecule has 1 aromatic heterocycles. The van der Waals surface area contributed by atoms with E-state index in [1.807, 2.05) is 52.0 Å². The molecule has 0 radical (unpaired) electrons. The summed E-state index contributed by atoms with van der Waals surface area (Å²) in [6.45, 7) is 8.78. The van der Waals surface area contributed by atoms with Crippen LogP contribution in [0.3, 0.4) is 0 Å². The first-order valence-electron chi connectivity index (χ1n) is 16.4. The summed E-state index contributed by atoms with van der Waals surface area (Å²) in [5.41, 5.74) is 1.20. The van der Waals surface area contributed by atoms with E-state index < -0.39 is 42.1 Å². The molecule has 3 heterocycles. The molecule has 2 aliphatic heterocycles. The maximum absolute atomic E-state index is 13.8. The van der Waals surface area contributed by atoms with Gasteiger partial charge in [0.15, 0.2) is 12.6 Å². The van der Waals surface area contributed by atoms with Gasteiger partial charge in [-0.2, -0.15) is 0 Å². The van der Waals surface area contributed by atoms with Crippen LogP contribution in [-0.4, -0.2) is 79.2 Å². The molecule has 0 bridgehead atoms. The van der Waals surface area contributed by atoms with E-state index >= 15 is 0 Å². The summed E-state index contributed by atoms with van der Waals surface area (Å²) >= 11 is 0. The number of nitrogens with one attached hydrogen (secondary N) is 2. The number of aromatic amines is 1. The average Bonchev–Trinajstić information content (AvgIpc) is 3.71. The van der Waals surface area contributed by atoms with E-state index in [2.05, 4.69) is 15.3 Å². The van der Waals surface area contributed by atoms with E-state index in [-0.39, 0.29) is 24.0 Å². The van der Waals surface area contributed by atoms with Gasteiger partial charge in [0.2, 0.25) is 0 Å². The Labute approximate surface area is 286 Å². The zero-order valence-electron chi connectivity index (χ0n) is 28.5. The largest absolute Gasteiger partial charge is 0.492 e. The van der Waals surface area contributed by atoms with Crippen LogP contribution in [0.15, 0.2) is 73.1 Å². The molecule has 2 N–H and O–H groups in total. The number of carbonyl (C=O) groups excluding carboxylic acids is 2. The number of methoxy groups -OCH3 is 1. The van der Waals surface area contributed by atoms with E-state index in [1.54, 1.807) is 54.9 Å². The first-order valence-corrected chi connectivity index (χ1v) is 16.4. The molecule has 0 saturated carbocycles. The molecule has 1 saturated heterocycles. The standard InChI is InChI=1S/C37H45N3O9/c1-24-14-15-29(47-35(41)26-10-7-6-8-11-26)34-30(48-37(3,4)49-34)13-9-12-27-20-28(44-19-18-38-22-32-39-16-17-40-32)21-31(45-23-43-5)33(27)36(42)46-25(24)2/h6-12,14-17,20-21,24-25,29-30,34,38H,13,18-19,22-23H2,1-5H3,(H,39,40)/b12-9+,15-14-/t24-,25+,29?,30+,34?/m1/s1. The second kappa shape index (κ2) is 16.8. The Balaban J connectivity index is 1.44. The summed E-state index contributed by atoms with van der Waals surface area (Å²) in [4.78, 5) is 34.3. The van der Waals surface area contributed by atoms with E-state index in [9.17, 15) is 9.59 Å². The number of aromatic nitrogens is 2. The van der Waals surface area contributed by atoms with Crippen molar-refractivity contribution in [2.75, 3.05) is 27.1 Å². The lowest BCUT2D eigenvalue weighted by atomic mass is 9.98. The second-order valence-corrected chi connectivity index (χ2v) is 12.4. The van der Waals surface area contributed by atoms with Crippen molar-refractivity contribution in [1.82, 2.24) is 15.3 Å². The fourth-order valence-electron chi connectivity index (χ4n) is 5.53. The number of H-pyrrole nitrogens is 1. The summed E-state index contributed by atoms with van der Waals surface area (Å²) in [6, 6.07) is 12.2. The molecule has 2 aliphatic rings. The van der Waals surface area contributed by atoms with Crippen LogP contribution in [0.25, 0.3) is 6.08 Å². The summed E-state index contributed by atoms with van der Waals surface area (Å²) in [5, 5.41) is 3.27. The molecule has 0 amide bonds. The van der Waals surface area contributed by atoms with Gasteiger partial charge in [-0.15, -0.1) is 0 Å². The Hall–Kier alpha value is -4.49. The van der Waals surface area contributed by atoms with Gasteiger partial charge in [0.05, 0.1) is 18.2 Å². The molecule has 1 fully saturated rings. The summed E-state index contributed by atoms with van der Waals surface area (Å²) < 4.78 is 41.8. The van der Waals surface area contributed by atoms with Gasteiger partial charge in [-0.1, -0.05) is 43.4 Å². The first-order chi connectivity index (χ1) is 23.6. The van der Waals surface area contributed by atoms with Gasteiger partial charge >= 0.3 is 11.9 Å². The zero-order valence-corrected chi connectivity index (χ0v) is 28.5. The van der Waals surface area contributed by atoms with Crippen molar-refractivity contribution in [3.05, 3.63) is 95.6 Å². The minimum atomic E-state index is -0.925. The number of imidazole rings is 1. The van der Waals surface area contributed by atoms with Gasteiger partial charge in [-0.05, 0) is 57.0 Å². The van der Waals surface area contributed by atoms with Crippen LogP contribution in [0.4, 0.5) is 0 Å². The Morgan fingerprint density at radius 1 is 1.10 bits per heavy atom. The quantitative estimate of drug-likeness (QED) is 0.116. The van der Waals surface area contributed by atoms with Crippen molar-refractivity contribution in [2.45, 2.75) is 70.9 Å². The SMILES string of the molecule is COCOc1cc(OCCNCc2ncc[nH]2)cc2c1C(=O)O[C@@H](C)[C@H](C)/C=C\C(OC(=O)c1ccccc1)C1OC(C)(C)O[C@H]1C/C=C/2. The van der Waals surface area contributed by atoms with Crippen molar-refractivity contribution < 1.29 is 42.7 Å². The normalized spacial score (nSPS) is 24.8. The molecule has 5 atom stereocenters. The van der Waals surface area contributed by atoms with Crippen molar-refractivity contribution in [3.63, 3.8) is 0 Å². The number of benzene rings is 2. The smallest absolute Gasteiger partial charge is 0.342 e. The summed E-state index contributed by atoms with van der Waals surface area (Å²) in [5.74, 6) is -0.626. The maximum atomic E-state index is 13.8. The van der Waals surface area contributed by atoms with Gasteiger partial charge in [-0.25, -0.2) is 14.6 Å². The van der Waals surface area contributed by atoms with Gasteiger partial charge in [-0.3, -0.25) is 0 Å². The second-order valence-electron chi connectivity index (χ2n) is 12.4. The highest BCUT2D eigenvalue weighted by Gasteiger charge is 2.45. The fraction of sp³-hybridized carbons (Fsp3) is 0.432. The maximum Gasteiger partial charge on any atom is 0.342 e. The number of hydrogen-bond acceptors (Lipinski definition) is 11. The number of cyclic esters (lactones) is 1. The highest BCUT2D eigenvalue weighted by atomic mass is 16.8. The van der Waals surface area contributed by atoms with Gasteiger partial charge in [0.1, 0.15) is 47.8 Å². The number of carbonyl (C=O) groups is 2. The molecule has 49 heavy (non-hydrogen) atoms. The third kappa shape index (κ3) is 9.79. The molecule has 2 unspecified atom stereocenters. The van der Waals surface area contributed by atoms with Crippen LogP contribution >= 0.6 is 0 Å². The molecule has 12 heteroatoms. The number of ether oxygens (including phenoxy) is 7. The minimum Gasteiger partial charge on any atom is -0.492 e. The monoisotopic (exact) mass is 675 g/mol. The summed E-state index contributed by atoms with van der Waals surface area (Å²) in [6.07, 6.45) is 8.82. The molecule has 0 aliphatic carbocycles. The Morgan fingerprint density at radius 2 is 1.92 bits per heavy atom. The minimum absolute atomic E-state index is 0.0839.